The van der Waals surface area contributed by atoms with Crippen LogP contribution in [0.5, 0.6) is 0 Å². The first kappa shape index (κ1) is 11.0. The Morgan fingerprint density at radius 1 is 1.29 bits per heavy atom. The fraction of sp³-hybridized carbons (Fsp3) is 0.0833. The van der Waals surface area contributed by atoms with Crippen LogP contribution in [0.15, 0.2) is 36.7 Å². The zero-order valence-electron chi connectivity index (χ0n) is 9.13. The number of para-hydroxylation sites is 1. The molecule has 0 spiro atoms. The van der Waals surface area contributed by atoms with E-state index in [4.69, 9.17) is 5.26 Å². The van der Waals surface area contributed by atoms with Gasteiger partial charge in [-0.2, -0.15) is 5.26 Å². The van der Waals surface area contributed by atoms with Crippen molar-refractivity contribution in [3.05, 3.63) is 48.2 Å². The van der Waals surface area contributed by atoms with Crippen LogP contribution in [0.1, 0.15) is 5.69 Å². The highest BCUT2D eigenvalue weighted by molar-refractivity contribution is 5.60. The molecule has 0 bridgehead atoms. The van der Waals surface area contributed by atoms with Gasteiger partial charge in [-0.15, -0.1) is 0 Å². The second kappa shape index (κ2) is 4.58. The topological polar surface area (TPSA) is 52.8 Å². The quantitative estimate of drug-likeness (QED) is 0.791. The summed E-state index contributed by atoms with van der Waals surface area (Å²) in [7, 11) is 1.68. The van der Waals surface area contributed by atoms with Gasteiger partial charge in [0.15, 0.2) is 0 Å². The van der Waals surface area contributed by atoms with Crippen molar-refractivity contribution in [3.63, 3.8) is 0 Å². The van der Waals surface area contributed by atoms with Crippen molar-refractivity contribution in [2.75, 3.05) is 11.9 Å². The van der Waals surface area contributed by atoms with E-state index in [1.165, 1.54) is 18.5 Å². The zero-order chi connectivity index (χ0) is 12.3. The SMILES string of the molecule is CN(c1cc(C#N)ncn1)c1ccccc1F. The lowest BCUT2D eigenvalue weighted by molar-refractivity contribution is 0.627. The van der Waals surface area contributed by atoms with Crippen molar-refractivity contribution in [3.8, 4) is 6.07 Å². The second-order valence-corrected chi connectivity index (χ2v) is 3.38. The fourth-order valence-electron chi connectivity index (χ4n) is 1.44. The van der Waals surface area contributed by atoms with Gasteiger partial charge in [-0.25, -0.2) is 14.4 Å². The molecule has 0 atom stereocenters. The molecular formula is C12H9FN4. The number of nitriles is 1. The summed E-state index contributed by atoms with van der Waals surface area (Å²) in [4.78, 5) is 9.33. The Balaban J connectivity index is 2.41. The summed E-state index contributed by atoms with van der Waals surface area (Å²) in [6.07, 6.45) is 1.28. The number of hydrogen-bond donors (Lipinski definition) is 0. The van der Waals surface area contributed by atoms with Crippen LogP contribution in [0.25, 0.3) is 0 Å². The molecule has 0 fully saturated rings. The largest absolute Gasteiger partial charge is 0.327 e. The number of anilines is 2. The highest BCUT2D eigenvalue weighted by atomic mass is 19.1. The summed E-state index contributed by atoms with van der Waals surface area (Å²) in [6.45, 7) is 0. The maximum Gasteiger partial charge on any atom is 0.146 e. The van der Waals surface area contributed by atoms with E-state index >= 15 is 0 Å². The smallest absolute Gasteiger partial charge is 0.146 e. The Morgan fingerprint density at radius 3 is 2.76 bits per heavy atom. The van der Waals surface area contributed by atoms with Crippen molar-refractivity contribution in [2.24, 2.45) is 0 Å². The normalized spacial score (nSPS) is 9.71. The molecule has 1 aromatic carbocycles. The van der Waals surface area contributed by atoms with Gasteiger partial charge in [-0.05, 0) is 12.1 Å². The van der Waals surface area contributed by atoms with Gasteiger partial charge in [-0.1, -0.05) is 12.1 Å². The molecule has 0 aliphatic rings. The molecule has 5 heteroatoms. The maximum atomic E-state index is 13.6. The molecule has 0 saturated carbocycles. The summed E-state index contributed by atoms with van der Waals surface area (Å²) < 4.78 is 13.6. The molecule has 0 radical (unpaired) electrons. The van der Waals surface area contributed by atoms with E-state index in [2.05, 4.69) is 9.97 Å². The molecule has 0 unspecified atom stereocenters. The Labute approximate surface area is 98.0 Å². The predicted molar refractivity (Wildman–Crippen MR) is 61.2 cm³/mol. The van der Waals surface area contributed by atoms with Crippen LogP contribution in [-0.2, 0) is 0 Å². The van der Waals surface area contributed by atoms with Crippen molar-refractivity contribution in [1.29, 1.82) is 5.26 Å². The van der Waals surface area contributed by atoms with Crippen LogP contribution in [-0.4, -0.2) is 17.0 Å². The molecule has 0 N–H and O–H groups in total. The Bertz CT molecular complexity index is 577. The van der Waals surface area contributed by atoms with Crippen molar-refractivity contribution < 1.29 is 4.39 Å². The summed E-state index contributed by atoms with van der Waals surface area (Å²) in [5, 5.41) is 8.74. The van der Waals surface area contributed by atoms with Crippen LogP contribution in [0.2, 0.25) is 0 Å². The first-order chi connectivity index (χ1) is 8.22. The van der Waals surface area contributed by atoms with Crippen molar-refractivity contribution >= 4 is 11.5 Å². The molecule has 2 rings (SSSR count). The standard InChI is InChI=1S/C12H9FN4/c1-17(11-5-3-2-4-10(11)13)12-6-9(7-14)15-8-16-12/h2-6,8H,1H3. The lowest BCUT2D eigenvalue weighted by Crippen LogP contribution is -2.13. The summed E-state index contributed by atoms with van der Waals surface area (Å²) in [6, 6.07) is 9.79. The second-order valence-electron chi connectivity index (χ2n) is 3.38. The summed E-state index contributed by atoms with van der Waals surface area (Å²) >= 11 is 0. The maximum absolute atomic E-state index is 13.6. The van der Waals surface area contributed by atoms with Crippen molar-refractivity contribution in [2.45, 2.75) is 0 Å². The first-order valence-corrected chi connectivity index (χ1v) is 4.93. The molecule has 2 aromatic rings. The van der Waals surface area contributed by atoms with E-state index in [1.807, 2.05) is 6.07 Å². The van der Waals surface area contributed by atoms with Gasteiger partial charge in [0.05, 0.1) is 5.69 Å². The van der Waals surface area contributed by atoms with Crippen LogP contribution in [0.4, 0.5) is 15.9 Å². The Morgan fingerprint density at radius 2 is 2.06 bits per heavy atom. The minimum absolute atomic E-state index is 0.248. The highest BCUT2D eigenvalue weighted by Gasteiger charge is 2.10. The summed E-state index contributed by atoms with van der Waals surface area (Å²) in [5.41, 5.74) is 0.647. The number of rotatable bonds is 2. The average Bonchev–Trinajstić information content (AvgIpc) is 2.38. The molecule has 4 nitrogen and oxygen atoms in total. The van der Waals surface area contributed by atoms with Gasteiger partial charge < -0.3 is 4.90 Å². The Hall–Kier alpha value is -2.48. The van der Waals surface area contributed by atoms with Gasteiger partial charge >= 0.3 is 0 Å². The molecule has 0 aliphatic heterocycles. The van der Waals surface area contributed by atoms with E-state index in [9.17, 15) is 4.39 Å². The van der Waals surface area contributed by atoms with E-state index in [0.717, 1.165) is 0 Å². The average molecular weight is 228 g/mol. The van der Waals surface area contributed by atoms with Crippen LogP contribution in [0, 0.1) is 17.1 Å². The van der Waals surface area contributed by atoms with Crippen LogP contribution in [0.3, 0.4) is 0 Å². The third-order valence-electron chi connectivity index (χ3n) is 2.32. The third kappa shape index (κ3) is 2.21. The minimum atomic E-state index is -0.341. The number of hydrogen-bond acceptors (Lipinski definition) is 4. The van der Waals surface area contributed by atoms with E-state index in [0.29, 0.717) is 11.5 Å². The monoisotopic (exact) mass is 228 g/mol. The Kier molecular flexibility index (Phi) is 2.97. The van der Waals surface area contributed by atoms with Gasteiger partial charge in [0.25, 0.3) is 0 Å². The number of nitrogens with zero attached hydrogens (tertiary/aromatic N) is 4. The predicted octanol–water partition coefficient (Wildman–Crippen LogP) is 2.26. The fourth-order valence-corrected chi connectivity index (χ4v) is 1.44. The molecular weight excluding hydrogens is 219 g/mol. The molecule has 0 amide bonds. The van der Waals surface area contributed by atoms with Crippen LogP contribution < -0.4 is 4.90 Å². The summed E-state index contributed by atoms with van der Waals surface area (Å²) in [5.74, 6) is 0.133. The third-order valence-corrected chi connectivity index (χ3v) is 2.32. The van der Waals surface area contributed by atoms with Gasteiger partial charge in [-0.3, -0.25) is 0 Å². The number of benzene rings is 1. The van der Waals surface area contributed by atoms with E-state index in [1.54, 1.807) is 30.1 Å². The molecule has 84 valence electrons. The molecule has 1 heterocycles. The molecule has 17 heavy (non-hydrogen) atoms. The van der Waals surface area contributed by atoms with E-state index in [-0.39, 0.29) is 11.5 Å². The highest BCUT2D eigenvalue weighted by Crippen LogP contribution is 2.23. The molecule has 0 aliphatic carbocycles. The van der Waals surface area contributed by atoms with Crippen molar-refractivity contribution in [1.82, 2.24) is 9.97 Å². The van der Waals surface area contributed by atoms with Gasteiger partial charge in [0.1, 0.15) is 29.7 Å². The molecule has 1 aromatic heterocycles. The number of halogens is 1. The lowest BCUT2D eigenvalue weighted by atomic mass is 10.3. The zero-order valence-corrected chi connectivity index (χ0v) is 9.13. The minimum Gasteiger partial charge on any atom is -0.327 e. The number of aromatic nitrogens is 2. The van der Waals surface area contributed by atoms with Crippen LogP contribution >= 0.6 is 0 Å². The van der Waals surface area contributed by atoms with E-state index < -0.39 is 0 Å². The van der Waals surface area contributed by atoms with Gasteiger partial charge in [0, 0.05) is 13.1 Å². The molecule has 0 saturated heterocycles. The lowest BCUT2D eigenvalue weighted by Gasteiger charge is -2.18. The first-order valence-electron chi connectivity index (χ1n) is 4.93. The van der Waals surface area contributed by atoms with Gasteiger partial charge in [0.2, 0.25) is 0 Å².